The minimum absolute atomic E-state index is 0.265. The zero-order chi connectivity index (χ0) is 8.69. The summed E-state index contributed by atoms with van der Waals surface area (Å²) in [4.78, 5) is 12.9. The van der Waals surface area contributed by atoms with Crippen molar-refractivity contribution in [3.8, 4) is 0 Å². The van der Waals surface area contributed by atoms with E-state index >= 15 is 0 Å². The number of azide groups is 1. The molecule has 0 aromatic carbocycles. The van der Waals surface area contributed by atoms with Gasteiger partial charge in [0.15, 0.2) is 0 Å². The van der Waals surface area contributed by atoms with E-state index in [1.165, 1.54) is 0 Å². The Morgan fingerprint density at radius 1 is 1.82 bits per heavy atom. The van der Waals surface area contributed by atoms with Crippen molar-refractivity contribution in [3.05, 3.63) is 10.4 Å². The number of hydrogen-bond donors (Lipinski definition) is 1. The van der Waals surface area contributed by atoms with Gasteiger partial charge in [0.2, 0.25) is 0 Å². The Labute approximate surface area is 64.7 Å². The van der Waals surface area contributed by atoms with Crippen molar-refractivity contribution in [2.45, 2.75) is 19.8 Å². The first-order chi connectivity index (χ1) is 5.22. The zero-order valence-corrected chi connectivity index (χ0v) is 6.40. The Balaban J connectivity index is 3.69. The molecular weight excluding hydrogens is 146 g/mol. The predicted molar refractivity (Wildman–Crippen MR) is 40.0 cm³/mol. The molecular formula is C6H11N3O2. The highest BCUT2D eigenvalue weighted by Crippen LogP contribution is 2.07. The molecule has 0 radical (unpaired) electrons. The molecule has 62 valence electrons. The molecule has 11 heavy (non-hydrogen) atoms. The summed E-state index contributed by atoms with van der Waals surface area (Å²) in [6.07, 6.45) is 1.01. The third kappa shape index (κ3) is 4.22. The van der Waals surface area contributed by atoms with Crippen LogP contribution < -0.4 is 0 Å². The van der Waals surface area contributed by atoms with Gasteiger partial charge in [-0.15, -0.1) is 0 Å². The van der Waals surface area contributed by atoms with Crippen molar-refractivity contribution >= 4 is 5.97 Å². The molecule has 0 aromatic heterocycles. The van der Waals surface area contributed by atoms with Crippen molar-refractivity contribution in [1.29, 1.82) is 0 Å². The molecule has 5 heteroatoms. The van der Waals surface area contributed by atoms with Gasteiger partial charge in [-0.3, -0.25) is 4.79 Å². The van der Waals surface area contributed by atoms with Gasteiger partial charge in [0.1, 0.15) is 0 Å². The molecule has 0 aliphatic rings. The summed E-state index contributed by atoms with van der Waals surface area (Å²) in [6.45, 7) is 2.07. The number of hydrogen-bond acceptors (Lipinski definition) is 2. The second kappa shape index (κ2) is 5.56. The Morgan fingerprint density at radius 2 is 2.45 bits per heavy atom. The summed E-state index contributed by atoms with van der Waals surface area (Å²) in [6, 6.07) is 0. The van der Waals surface area contributed by atoms with E-state index in [1.54, 1.807) is 6.92 Å². The number of aliphatic carboxylic acids is 1. The van der Waals surface area contributed by atoms with Gasteiger partial charge in [0.05, 0.1) is 5.92 Å². The summed E-state index contributed by atoms with van der Waals surface area (Å²) in [5, 5.41) is 11.8. The van der Waals surface area contributed by atoms with Crippen molar-refractivity contribution < 1.29 is 9.90 Å². The maximum absolute atomic E-state index is 10.4. The highest BCUT2D eigenvalue weighted by molar-refractivity contribution is 5.69. The van der Waals surface area contributed by atoms with Crippen LogP contribution in [0, 0.1) is 5.92 Å². The quantitative estimate of drug-likeness (QED) is 0.374. The maximum atomic E-state index is 10.4. The van der Waals surface area contributed by atoms with Gasteiger partial charge >= 0.3 is 5.97 Å². The smallest absolute Gasteiger partial charge is 0.306 e. The molecule has 0 aromatic rings. The van der Waals surface area contributed by atoms with E-state index in [1.807, 2.05) is 0 Å². The van der Waals surface area contributed by atoms with Crippen LogP contribution in [0.3, 0.4) is 0 Å². The van der Waals surface area contributed by atoms with Crippen LogP contribution in [0.5, 0.6) is 0 Å². The maximum Gasteiger partial charge on any atom is 0.306 e. The standard InChI is InChI=1S/C6H11N3O2/c1-2-5(6(10)11)3-4-8-9-7/h5H,2-4H2,1H3,(H,10,11). The number of carboxylic acid groups (broad SMARTS) is 1. The fourth-order valence-electron chi connectivity index (χ4n) is 0.761. The van der Waals surface area contributed by atoms with Crippen LogP contribution in [-0.2, 0) is 4.79 Å². The second-order valence-corrected chi connectivity index (χ2v) is 2.19. The van der Waals surface area contributed by atoms with Crippen LogP contribution in [0.25, 0.3) is 10.4 Å². The molecule has 1 unspecified atom stereocenters. The Kier molecular flexibility index (Phi) is 4.94. The molecule has 0 spiro atoms. The summed E-state index contributed by atoms with van der Waals surface area (Å²) in [7, 11) is 0. The predicted octanol–water partition coefficient (Wildman–Crippen LogP) is 1.80. The lowest BCUT2D eigenvalue weighted by Crippen LogP contribution is -2.13. The van der Waals surface area contributed by atoms with Crippen molar-refractivity contribution in [3.63, 3.8) is 0 Å². The molecule has 0 fully saturated rings. The minimum atomic E-state index is -0.819. The molecule has 1 N–H and O–H groups in total. The molecule has 0 heterocycles. The Morgan fingerprint density at radius 3 is 2.82 bits per heavy atom. The van der Waals surface area contributed by atoms with Crippen LogP contribution in [0.15, 0.2) is 5.11 Å². The van der Waals surface area contributed by atoms with E-state index in [4.69, 9.17) is 10.6 Å². The van der Waals surface area contributed by atoms with Gasteiger partial charge in [0.25, 0.3) is 0 Å². The average molecular weight is 157 g/mol. The van der Waals surface area contributed by atoms with Crippen molar-refractivity contribution in [2.75, 3.05) is 6.54 Å². The van der Waals surface area contributed by atoms with Gasteiger partial charge < -0.3 is 5.11 Å². The first kappa shape index (κ1) is 9.78. The number of carboxylic acids is 1. The normalized spacial score (nSPS) is 11.7. The van der Waals surface area contributed by atoms with Gasteiger partial charge in [0, 0.05) is 11.5 Å². The largest absolute Gasteiger partial charge is 0.481 e. The third-order valence-electron chi connectivity index (χ3n) is 1.48. The van der Waals surface area contributed by atoms with E-state index < -0.39 is 5.97 Å². The zero-order valence-electron chi connectivity index (χ0n) is 6.40. The lowest BCUT2D eigenvalue weighted by Gasteiger charge is -2.05. The summed E-state index contributed by atoms with van der Waals surface area (Å²) >= 11 is 0. The van der Waals surface area contributed by atoms with Crippen molar-refractivity contribution in [2.24, 2.45) is 11.0 Å². The molecule has 0 bridgehead atoms. The first-order valence-corrected chi connectivity index (χ1v) is 3.46. The monoisotopic (exact) mass is 157 g/mol. The van der Waals surface area contributed by atoms with Gasteiger partial charge in [-0.05, 0) is 18.4 Å². The lowest BCUT2D eigenvalue weighted by molar-refractivity contribution is -0.141. The fourth-order valence-corrected chi connectivity index (χ4v) is 0.761. The molecule has 0 saturated carbocycles. The summed E-state index contributed by atoms with van der Waals surface area (Å²) in [5.41, 5.74) is 7.90. The van der Waals surface area contributed by atoms with Gasteiger partial charge in [-0.25, -0.2) is 0 Å². The molecule has 5 nitrogen and oxygen atoms in total. The highest BCUT2D eigenvalue weighted by Gasteiger charge is 2.12. The average Bonchev–Trinajstić information content (AvgIpc) is 1.97. The molecule has 0 amide bonds. The van der Waals surface area contributed by atoms with Crippen LogP contribution >= 0.6 is 0 Å². The van der Waals surface area contributed by atoms with Crippen molar-refractivity contribution in [1.82, 2.24) is 0 Å². The van der Waals surface area contributed by atoms with Crippen LogP contribution in [-0.4, -0.2) is 17.6 Å². The third-order valence-corrected chi connectivity index (χ3v) is 1.48. The fraction of sp³-hybridized carbons (Fsp3) is 0.833. The molecule has 0 aliphatic heterocycles. The number of rotatable bonds is 5. The van der Waals surface area contributed by atoms with E-state index in [0.29, 0.717) is 12.8 Å². The van der Waals surface area contributed by atoms with Gasteiger partial charge in [-0.1, -0.05) is 12.0 Å². The number of carbonyl (C=O) groups is 1. The molecule has 0 aliphatic carbocycles. The van der Waals surface area contributed by atoms with Crippen LogP contribution in [0.2, 0.25) is 0 Å². The van der Waals surface area contributed by atoms with Crippen LogP contribution in [0.4, 0.5) is 0 Å². The number of nitrogens with zero attached hydrogens (tertiary/aromatic N) is 3. The van der Waals surface area contributed by atoms with E-state index in [2.05, 4.69) is 10.0 Å². The summed E-state index contributed by atoms with van der Waals surface area (Å²) < 4.78 is 0. The van der Waals surface area contributed by atoms with Gasteiger partial charge in [-0.2, -0.15) is 0 Å². The Hall–Kier alpha value is -1.22. The second-order valence-electron chi connectivity index (χ2n) is 2.19. The Bertz CT molecular complexity index is 175. The molecule has 0 saturated heterocycles. The van der Waals surface area contributed by atoms with Crippen LogP contribution in [0.1, 0.15) is 19.8 Å². The first-order valence-electron chi connectivity index (χ1n) is 3.46. The van der Waals surface area contributed by atoms with E-state index in [-0.39, 0.29) is 12.5 Å². The summed E-state index contributed by atoms with van der Waals surface area (Å²) in [5.74, 6) is -1.19. The lowest BCUT2D eigenvalue weighted by atomic mass is 10.0. The molecule has 1 atom stereocenters. The SMILES string of the molecule is CCC(CCN=[N+]=[N-])C(=O)O. The highest BCUT2D eigenvalue weighted by atomic mass is 16.4. The minimum Gasteiger partial charge on any atom is -0.481 e. The molecule has 0 rings (SSSR count). The van der Waals surface area contributed by atoms with E-state index in [9.17, 15) is 4.79 Å². The topological polar surface area (TPSA) is 86.1 Å². The van der Waals surface area contributed by atoms with E-state index in [0.717, 1.165) is 0 Å².